The third-order valence-electron chi connectivity index (χ3n) is 3.69. The van der Waals surface area contributed by atoms with E-state index in [4.69, 9.17) is 4.52 Å². The first-order valence-electron chi connectivity index (χ1n) is 7.54. The van der Waals surface area contributed by atoms with Gasteiger partial charge in [0.2, 0.25) is 0 Å². The highest BCUT2D eigenvalue weighted by Crippen LogP contribution is 2.25. The van der Waals surface area contributed by atoms with Crippen molar-refractivity contribution in [3.63, 3.8) is 0 Å². The highest BCUT2D eigenvalue weighted by Gasteiger charge is 2.26. The van der Waals surface area contributed by atoms with Crippen LogP contribution in [0.4, 0.5) is 5.69 Å². The predicted molar refractivity (Wildman–Crippen MR) is 93.1 cm³/mol. The van der Waals surface area contributed by atoms with Gasteiger partial charge in [-0.2, -0.15) is 0 Å². The molecule has 128 valence electrons. The van der Waals surface area contributed by atoms with E-state index in [0.717, 1.165) is 0 Å². The monoisotopic (exact) mass is 356 g/mol. The first kappa shape index (κ1) is 16.9. The smallest absolute Gasteiger partial charge is 0.267 e. The Morgan fingerprint density at radius 3 is 2.28 bits per heavy atom. The fraction of sp³-hybridized carbons (Fsp3) is 0.111. The number of nitrogens with zero attached hydrogens (tertiary/aromatic N) is 1. The second-order valence-corrected chi connectivity index (χ2v) is 7.12. The molecule has 2 aromatic carbocycles. The number of rotatable bonds is 5. The fourth-order valence-corrected chi connectivity index (χ4v) is 3.98. The van der Waals surface area contributed by atoms with Gasteiger partial charge in [0.05, 0.1) is 5.69 Å². The summed E-state index contributed by atoms with van der Waals surface area (Å²) < 4.78 is 32.8. The molecule has 1 heterocycles. The first-order chi connectivity index (χ1) is 11.9. The molecule has 0 aliphatic heterocycles. The molecule has 0 radical (unpaired) electrons. The number of nitrogens with one attached hydrogen (secondary N) is 1. The maximum atomic E-state index is 12.7. The van der Waals surface area contributed by atoms with Crippen LogP contribution < -0.4 is 4.72 Å². The highest BCUT2D eigenvalue weighted by atomic mass is 32.2. The quantitative estimate of drug-likeness (QED) is 0.708. The van der Waals surface area contributed by atoms with Gasteiger partial charge in [0, 0.05) is 11.1 Å². The fourth-order valence-electron chi connectivity index (χ4n) is 2.57. The molecule has 0 bridgehead atoms. The van der Waals surface area contributed by atoms with Crippen LogP contribution in [-0.2, 0) is 10.0 Å². The van der Waals surface area contributed by atoms with Crippen LogP contribution in [0.2, 0.25) is 0 Å². The van der Waals surface area contributed by atoms with E-state index in [0.29, 0.717) is 5.56 Å². The molecule has 0 spiro atoms. The highest BCUT2D eigenvalue weighted by molar-refractivity contribution is 7.92. The zero-order valence-electron chi connectivity index (χ0n) is 13.7. The summed E-state index contributed by atoms with van der Waals surface area (Å²) in [5.41, 5.74) is 1.21. The van der Waals surface area contributed by atoms with Gasteiger partial charge in [-0.05, 0) is 26.0 Å². The van der Waals surface area contributed by atoms with Crippen molar-refractivity contribution in [2.24, 2.45) is 0 Å². The largest absolute Gasteiger partial charge is 0.360 e. The average Bonchev–Trinajstić information content (AvgIpc) is 2.94. The van der Waals surface area contributed by atoms with Gasteiger partial charge in [-0.3, -0.25) is 9.52 Å². The van der Waals surface area contributed by atoms with Gasteiger partial charge in [0.1, 0.15) is 5.69 Å². The lowest BCUT2D eigenvalue weighted by Gasteiger charge is -2.12. The van der Waals surface area contributed by atoms with E-state index in [-0.39, 0.29) is 33.4 Å². The van der Waals surface area contributed by atoms with Crippen molar-refractivity contribution in [3.8, 4) is 0 Å². The first-order valence-corrected chi connectivity index (χ1v) is 9.03. The number of benzene rings is 2. The lowest BCUT2D eigenvalue weighted by Crippen LogP contribution is -2.17. The van der Waals surface area contributed by atoms with Crippen LogP contribution in [-0.4, -0.2) is 19.4 Å². The SMILES string of the molecule is Cc1noc(C)c1S(=O)(=O)Nc1ccccc1C(=O)c1ccccc1. The second kappa shape index (κ2) is 6.52. The Kier molecular flexibility index (Phi) is 4.41. The summed E-state index contributed by atoms with van der Waals surface area (Å²) in [4.78, 5) is 12.7. The Morgan fingerprint density at radius 1 is 1.00 bits per heavy atom. The maximum absolute atomic E-state index is 12.7. The third kappa shape index (κ3) is 3.32. The minimum absolute atomic E-state index is 0.0190. The molecule has 0 amide bonds. The molecular weight excluding hydrogens is 340 g/mol. The van der Waals surface area contributed by atoms with E-state index in [1.54, 1.807) is 55.5 Å². The molecule has 3 rings (SSSR count). The van der Waals surface area contributed by atoms with E-state index in [1.165, 1.54) is 6.92 Å². The standard InChI is InChI=1S/C18H16N2O4S/c1-12-18(13(2)24-19-12)25(22,23)20-16-11-7-6-10-15(16)17(21)14-8-4-3-5-9-14/h3-11,20H,1-2H3. The van der Waals surface area contributed by atoms with Gasteiger partial charge in [-0.15, -0.1) is 0 Å². The molecule has 0 aliphatic carbocycles. The molecule has 0 unspecified atom stereocenters. The minimum atomic E-state index is -3.93. The van der Waals surface area contributed by atoms with Gasteiger partial charge in [0.25, 0.3) is 10.0 Å². The lowest BCUT2D eigenvalue weighted by atomic mass is 10.0. The van der Waals surface area contributed by atoms with Crippen molar-refractivity contribution in [3.05, 3.63) is 77.2 Å². The van der Waals surface area contributed by atoms with E-state index in [9.17, 15) is 13.2 Å². The summed E-state index contributed by atoms with van der Waals surface area (Å²) in [5.74, 6) is -0.0745. The van der Waals surface area contributed by atoms with Crippen molar-refractivity contribution >= 4 is 21.5 Å². The van der Waals surface area contributed by atoms with E-state index in [1.807, 2.05) is 6.07 Å². The van der Waals surface area contributed by atoms with Crippen LogP contribution >= 0.6 is 0 Å². The molecule has 1 aromatic heterocycles. The Bertz CT molecular complexity index is 1000. The summed E-state index contributed by atoms with van der Waals surface area (Å²) >= 11 is 0. The molecule has 7 heteroatoms. The van der Waals surface area contributed by atoms with E-state index in [2.05, 4.69) is 9.88 Å². The number of carbonyl (C=O) groups excluding carboxylic acids is 1. The average molecular weight is 356 g/mol. The number of para-hydroxylation sites is 1. The number of aryl methyl sites for hydroxylation is 2. The zero-order chi connectivity index (χ0) is 18.0. The normalized spacial score (nSPS) is 11.3. The van der Waals surface area contributed by atoms with Gasteiger partial charge < -0.3 is 4.52 Å². The summed E-state index contributed by atoms with van der Waals surface area (Å²) in [6, 6.07) is 15.2. The minimum Gasteiger partial charge on any atom is -0.360 e. The van der Waals surface area contributed by atoms with Gasteiger partial charge in [0.15, 0.2) is 16.4 Å². The summed E-state index contributed by atoms with van der Waals surface area (Å²) in [7, 11) is -3.93. The van der Waals surface area contributed by atoms with E-state index >= 15 is 0 Å². The topological polar surface area (TPSA) is 89.3 Å². The van der Waals surface area contributed by atoms with Crippen LogP contribution in [0.3, 0.4) is 0 Å². The Morgan fingerprint density at radius 2 is 1.64 bits per heavy atom. The molecule has 1 N–H and O–H groups in total. The van der Waals surface area contributed by atoms with Crippen molar-refractivity contribution < 1.29 is 17.7 Å². The maximum Gasteiger partial charge on any atom is 0.267 e. The van der Waals surface area contributed by atoms with Gasteiger partial charge in [-0.25, -0.2) is 8.42 Å². The third-order valence-corrected chi connectivity index (χ3v) is 5.30. The summed E-state index contributed by atoms with van der Waals surface area (Å²) in [5, 5.41) is 3.67. The predicted octanol–water partition coefficient (Wildman–Crippen LogP) is 3.32. The Balaban J connectivity index is 2.01. The van der Waals surface area contributed by atoms with Gasteiger partial charge in [-0.1, -0.05) is 47.6 Å². The molecule has 0 saturated carbocycles. The molecular formula is C18H16N2O4S. The Labute approximate surface area is 145 Å². The van der Waals surface area contributed by atoms with Crippen molar-refractivity contribution in [1.82, 2.24) is 5.16 Å². The molecule has 0 aliphatic rings. The molecule has 25 heavy (non-hydrogen) atoms. The molecule has 6 nitrogen and oxygen atoms in total. The number of ketones is 1. The lowest BCUT2D eigenvalue weighted by molar-refractivity contribution is 0.103. The van der Waals surface area contributed by atoms with Crippen molar-refractivity contribution in [1.29, 1.82) is 0 Å². The molecule has 3 aromatic rings. The molecule has 0 fully saturated rings. The van der Waals surface area contributed by atoms with Crippen LogP contribution in [0.5, 0.6) is 0 Å². The van der Waals surface area contributed by atoms with Crippen LogP contribution in [0.15, 0.2) is 64.0 Å². The summed E-state index contributed by atoms with van der Waals surface area (Å²) in [6.07, 6.45) is 0. The van der Waals surface area contributed by atoms with Crippen molar-refractivity contribution in [2.75, 3.05) is 4.72 Å². The van der Waals surface area contributed by atoms with Crippen LogP contribution in [0.25, 0.3) is 0 Å². The summed E-state index contributed by atoms with van der Waals surface area (Å²) in [6.45, 7) is 3.07. The number of hydrogen-bond acceptors (Lipinski definition) is 5. The number of hydrogen-bond donors (Lipinski definition) is 1. The van der Waals surface area contributed by atoms with Crippen LogP contribution in [0, 0.1) is 13.8 Å². The molecule has 0 saturated heterocycles. The number of carbonyl (C=O) groups is 1. The number of aromatic nitrogens is 1. The zero-order valence-corrected chi connectivity index (χ0v) is 14.5. The van der Waals surface area contributed by atoms with Gasteiger partial charge >= 0.3 is 0 Å². The Hall–Kier alpha value is -2.93. The second-order valence-electron chi connectivity index (χ2n) is 5.50. The van der Waals surface area contributed by atoms with E-state index < -0.39 is 10.0 Å². The molecule has 0 atom stereocenters. The number of sulfonamides is 1. The number of anilines is 1. The van der Waals surface area contributed by atoms with Crippen molar-refractivity contribution in [2.45, 2.75) is 18.7 Å². The van der Waals surface area contributed by atoms with Crippen LogP contribution in [0.1, 0.15) is 27.4 Å².